The van der Waals surface area contributed by atoms with Gasteiger partial charge in [0.05, 0.1) is 19.9 Å². The summed E-state index contributed by atoms with van der Waals surface area (Å²) in [5, 5.41) is 6.17. The van der Waals surface area contributed by atoms with E-state index in [4.69, 9.17) is 9.47 Å². The summed E-state index contributed by atoms with van der Waals surface area (Å²) in [4.78, 5) is 14.6. The molecule has 1 amide bonds. The molecule has 0 radical (unpaired) electrons. The highest BCUT2D eigenvalue weighted by Gasteiger charge is 2.12. The molecule has 27 heavy (non-hydrogen) atoms. The van der Waals surface area contributed by atoms with Gasteiger partial charge in [-0.25, -0.2) is 0 Å². The zero-order chi connectivity index (χ0) is 19.1. The molecule has 0 spiro atoms. The summed E-state index contributed by atoms with van der Waals surface area (Å²) >= 11 is 0. The molecule has 144 valence electrons. The number of methoxy groups -OCH3 is 2. The third-order valence-corrected chi connectivity index (χ3v) is 4.70. The van der Waals surface area contributed by atoms with E-state index in [0.717, 1.165) is 30.2 Å². The van der Waals surface area contributed by atoms with Crippen molar-refractivity contribution in [3.05, 3.63) is 42.5 Å². The molecule has 1 saturated heterocycles. The third-order valence-electron chi connectivity index (χ3n) is 4.70. The lowest BCUT2D eigenvalue weighted by Crippen LogP contribution is -2.18. The molecular weight excluding hydrogens is 342 g/mol. The molecule has 0 aliphatic carbocycles. The van der Waals surface area contributed by atoms with Crippen molar-refractivity contribution in [1.82, 2.24) is 0 Å². The summed E-state index contributed by atoms with van der Waals surface area (Å²) in [6.07, 6.45) is 2.87. The molecule has 1 fully saturated rings. The van der Waals surface area contributed by atoms with Crippen molar-refractivity contribution in [2.24, 2.45) is 0 Å². The van der Waals surface area contributed by atoms with E-state index in [1.54, 1.807) is 14.2 Å². The van der Waals surface area contributed by atoms with Gasteiger partial charge < -0.3 is 25.0 Å². The molecule has 0 atom stereocenters. The monoisotopic (exact) mass is 369 g/mol. The van der Waals surface area contributed by atoms with Crippen LogP contribution in [0.25, 0.3) is 0 Å². The largest absolute Gasteiger partial charge is 0.497 e. The summed E-state index contributed by atoms with van der Waals surface area (Å²) < 4.78 is 10.5. The molecule has 6 nitrogen and oxygen atoms in total. The van der Waals surface area contributed by atoms with Gasteiger partial charge in [0, 0.05) is 43.5 Å². The Morgan fingerprint density at radius 2 is 1.78 bits per heavy atom. The Balaban J connectivity index is 1.47. The molecule has 0 unspecified atom stereocenters. The van der Waals surface area contributed by atoms with Gasteiger partial charge in [-0.05, 0) is 49.2 Å². The van der Waals surface area contributed by atoms with Gasteiger partial charge in [0.2, 0.25) is 5.91 Å². The van der Waals surface area contributed by atoms with Gasteiger partial charge in [0.1, 0.15) is 11.5 Å². The van der Waals surface area contributed by atoms with E-state index in [-0.39, 0.29) is 5.91 Å². The second kappa shape index (κ2) is 9.16. The first kappa shape index (κ1) is 18.9. The number of ether oxygens (including phenoxy) is 2. The molecule has 1 aliphatic rings. The normalized spacial score (nSPS) is 13.3. The van der Waals surface area contributed by atoms with Crippen molar-refractivity contribution in [2.45, 2.75) is 19.3 Å². The van der Waals surface area contributed by atoms with Crippen LogP contribution in [0.2, 0.25) is 0 Å². The van der Waals surface area contributed by atoms with Gasteiger partial charge >= 0.3 is 0 Å². The third kappa shape index (κ3) is 5.06. The first-order chi connectivity index (χ1) is 13.2. The Labute approximate surface area is 160 Å². The maximum absolute atomic E-state index is 12.2. The second-order valence-electron chi connectivity index (χ2n) is 6.53. The molecule has 0 saturated carbocycles. The van der Waals surface area contributed by atoms with Gasteiger partial charge in [0.15, 0.2) is 0 Å². The number of benzene rings is 2. The van der Waals surface area contributed by atoms with E-state index in [1.807, 2.05) is 30.3 Å². The highest BCUT2D eigenvalue weighted by molar-refractivity contribution is 5.91. The Morgan fingerprint density at radius 3 is 2.44 bits per heavy atom. The van der Waals surface area contributed by atoms with Crippen molar-refractivity contribution >= 4 is 23.0 Å². The number of hydrogen-bond donors (Lipinski definition) is 2. The van der Waals surface area contributed by atoms with Crippen molar-refractivity contribution in [1.29, 1.82) is 0 Å². The first-order valence-corrected chi connectivity index (χ1v) is 9.30. The molecule has 1 heterocycles. The summed E-state index contributed by atoms with van der Waals surface area (Å²) in [5.74, 6) is 1.39. The predicted octanol–water partition coefficient (Wildman–Crippen LogP) is 3.74. The molecule has 2 N–H and O–H groups in total. The summed E-state index contributed by atoms with van der Waals surface area (Å²) in [6.45, 7) is 2.75. The van der Waals surface area contributed by atoms with Gasteiger partial charge in [-0.1, -0.05) is 0 Å². The fourth-order valence-corrected chi connectivity index (χ4v) is 3.21. The van der Waals surface area contributed by atoms with E-state index in [9.17, 15) is 4.79 Å². The standard InChI is InChI=1S/C21H27N3O3/c1-26-18-9-10-19(20(15-18)27-2)22-12-11-21(25)23-16-5-7-17(8-6-16)24-13-3-4-14-24/h5-10,15,22H,3-4,11-14H2,1-2H3,(H,23,25). The molecule has 0 bridgehead atoms. The van der Waals surface area contributed by atoms with Crippen molar-refractivity contribution in [2.75, 3.05) is 49.4 Å². The van der Waals surface area contributed by atoms with E-state index >= 15 is 0 Å². The Kier molecular flexibility index (Phi) is 6.41. The summed E-state index contributed by atoms with van der Waals surface area (Å²) in [7, 11) is 3.22. The summed E-state index contributed by atoms with van der Waals surface area (Å²) in [5.41, 5.74) is 2.88. The zero-order valence-corrected chi connectivity index (χ0v) is 16.0. The van der Waals surface area contributed by atoms with Crippen LogP contribution in [0, 0.1) is 0 Å². The van der Waals surface area contributed by atoms with E-state index in [0.29, 0.717) is 18.7 Å². The Morgan fingerprint density at radius 1 is 1.04 bits per heavy atom. The van der Waals surface area contributed by atoms with Gasteiger partial charge in [-0.15, -0.1) is 0 Å². The van der Waals surface area contributed by atoms with Crippen LogP contribution >= 0.6 is 0 Å². The average Bonchev–Trinajstić information content (AvgIpc) is 3.23. The van der Waals surface area contributed by atoms with Crippen LogP contribution in [0.3, 0.4) is 0 Å². The number of carbonyl (C=O) groups excluding carboxylic acids is 1. The maximum Gasteiger partial charge on any atom is 0.226 e. The minimum atomic E-state index is -0.0242. The van der Waals surface area contributed by atoms with Crippen LogP contribution in [0.15, 0.2) is 42.5 Å². The van der Waals surface area contributed by atoms with Crippen molar-refractivity contribution in [3.63, 3.8) is 0 Å². The lowest BCUT2D eigenvalue weighted by Gasteiger charge is -2.17. The van der Waals surface area contributed by atoms with Crippen LogP contribution in [-0.4, -0.2) is 39.8 Å². The molecule has 3 rings (SSSR count). The molecule has 6 heteroatoms. The van der Waals surface area contributed by atoms with Gasteiger partial charge in [0.25, 0.3) is 0 Å². The minimum Gasteiger partial charge on any atom is -0.497 e. The zero-order valence-electron chi connectivity index (χ0n) is 16.0. The SMILES string of the molecule is COc1ccc(NCCC(=O)Nc2ccc(N3CCCC3)cc2)c(OC)c1. The molecule has 2 aromatic carbocycles. The number of amides is 1. The van der Waals surface area contributed by atoms with Crippen LogP contribution in [-0.2, 0) is 4.79 Å². The quantitative estimate of drug-likeness (QED) is 0.742. The molecular formula is C21H27N3O3. The average molecular weight is 369 g/mol. The van der Waals surface area contributed by atoms with Crippen molar-refractivity contribution in [3.8, 4) is 11.5 Å². The predicted molar refractivity (Wildman–Crippen MR) is 109 cm³/mol. The van der Waals surface area contributed by atoms with Gasteiger partial charge in [-0.3, -0.25) is 4.79 Å². The first-order valence-electron chi connectivity index (χ1n) is 9.30. The minimum absolute atomic E-state index is 0.0242. The fraction of sp³-hybridized carbons (Fsp3) is 0.381. The van der Waals surface area contributed by atoms with E-state index in [2.05, 4.69) is 27.7 Å². The molecule has 1 aliphatic heterocycles. The van der Waals surface area contributed by atoms with E-state index in [1.165, 1.54) is 18.5 Å². The number of rotatable bonds is 8. The van der Waals surface area contributed by atoms with Gasteiger partial charge in [-0.2, -0.15) is 0 Å². The van der Waals surface area contributed by atoms with Crippen LogP contribution in [0.5, 0.6) is 11.5 Å². The number of anilines is 3. The fourth-order valence-electron chi connectivity index (χ4n) is 3.21. The van der Waals surface area contributed by atoms with Crippen molar-refractivity contribution < 1.29 is 14.3 Å². The Hall–Kier alpha value is -2.89. The van der Waals surface area contributed by atoms with Crippen LogP contribution < -0.4 is 25.0 Å². The topological polar surface area (TPSA) is 62.8 Å². The second-order valence-corrected chi connectivity index (χ2v) is 6.53. The lowest BCUT2D eigenvalue weighted by molar-refractivity contribution is -0.115. The van der Waals surface area contributed by atoms with E-state index < -0.39 is 0 Å². The van der Waals surface area contributed by atoms with Crippen LogP contribution in [0.1, 0.15) is 19.3 Å². The Bertz CT molecular complexity index is 756. The highest BCUT2D eigenvalue weighted by atomic mass is 16.5. The smallest absolute Gasteiger partial charge is 0.226 e. The number of carbonyl (C=O) groups is 1. The molecule has 2 aromatic rings. The van der Waals surface area contributed by atoms with Crippen LogP contribution in [0.4, 0.5) is 17.1 Å². The number of nitrogens with zero attached hydrogens (tertiary/aromatic N) is 1. The molecule has 0 aromatic heterocycles. The lowest BCUT2D eigenvalue weighted by atomic mass is 10.2. The summed E-state index contributed by atoms with van der Waals surface area (Å²) in [6, 6.07) is 13.6. The number of nitrogens with one attached hydrogen (secondary N) is 2. The maximum atomic E-state index is 12.2. The number of hydrogen-bond acceptors (Lipinski definition) is 5. The highest BCUT2D eigenvalue weighted by Crippen LogP contribution is 2.29.